The van der Waals surface area contributed by atoms with Crippen molar-refractivity contribution in [1.29, 1.82) is 0 Å². The maximum Gasteiger partial charge on any atom is 0.244 e. The van der Waals surface area contributed by atoms with E-state index in [9.17, 15) is 13.2 Å². The molecule has 7 nitrogen and oxygen atoms in total. The van der Waals surface area contributed by atoms with E-state index in [0.29, 0.717) is 4.47 Å². The molecule has 0 radical (unpaired) electrons. The monoisotopic (exact) mass is 365 g/mol. The molecule has 0 aliphatic rings. The number of halogens is 1. The first kappa shape index (κ1) is 16.7. The molecule has 0 fully saturated rings. The Morgan fingerprint density at radius 2 is 2.05 bits per heavy atom. The third-order valence-corrected chi connectivity index (χ3v) is 4.53. The number of hydrogen-bond donors (Lipinski definition) is 3. The Labute approximate surface area is 126 Å². The fourth-order valence-electron chi connectivity index (χ4n) is 1.42. The molecule has 0 bridgehead atoms. The van der Waals surface area contributed by atoms with Crippen LogP contribution in [0.5, 0.6) is 5.75 Å². The van der Waals surface area contributed by atoms with Crippen molar-refractivity contribution in [3.63, 3.8) is 0 Å². The number of methoxy groups -OCH3 is 1. The molecule has 9 heteroatoms. The molecule has 0 spiro atoms. The van der Waals surface area contributed by atoms with Crippen molar-refractivity contribution in [3.05, 3.63) is 16.6 Å². The second-order valence-electron chi connectivity index (χ2n) is 3.91. The number of rotatable bonds is 6. The summed E-state index contributed by atoms with van der Waals surface area (Å²) >= 11 is 3.20. The quantitative estimate of drug-likeness (QED) is 0.500. The van der Waals surface area contributed by atoms with Crippen LogP contribution >= 0.6 is 15.9 Å². The molecule has 1 rings (SSSR count). The molecular weight excluding hydrogens is 350 g/mol. The van der Waals surface area contributed by atoms with Gasteiger partial charge in [-0.15, -0.1) is 0 Å². The number of nitrogens with two attached hydrogens (primary N) is 1. The Hall–Kier alpha value is -1.32. The van der Waals surface area contributed by atoms with Gasteiger partial charge < -0.3 is 15.8 Å². The highest BCUT2D eigenvalue weighted by Gasteiger charge is 2.20. The molecule has 0 heterocycles. The van der Waals surface area contributed by atoms with Crippen LogP contribution in [0.1, 0.15) is 6.92 Å². The van der Waals surface area contributed by atoms with E-state index in [1.807, 2.05) is 0 Å². The Bertz CT molecular complexity index is 604. The lowest BCUT2D eigenvalue weighted by molar-refractivity contribution is -0.118. The summed E-state index contributed by atoms with van der Waals surface area (Å²) < 4.78 is 32.2. The number of nitrogens with one attached hydrogen (secondary N) is 2. The number of nitrogen functional groups attached to an aromatic ring is 1. The molecule has 0 unspecified atom stereocenters. The number of carbonyl (C=O) groups is 1. The first-order chi connectivity index (χ1) is 9.27. The number of benzene rings is 1. The third-order valence-electron chi connectivity index (χ3n) is 2.36. The Morgan fingerprint density at radius 1 is 1.40 bits per heavy atom. The number of anilines is 1. The van der Waals surface area contributed by atoms with Crippen molar-refractivity contribution in [1.82, 2.24) is 10.0 Å². The summed E-state index contributed by atoms with van der Waals surface area (Å²) in [5, 5.41) is 2.49. The smallest absolute Gasteiger partial charge is 0.244 e. The molecule has 20 heavy (non-hydrogen) atoms. The van der Waals surface area contributed by atoms with Crippen LogP contribution in [0.3, 0.4) is 0 Å². The predicted molar refractivity (Wildman–Crippen MR) is 79.0 cm³/mol. The minimum atomic E-state index is -3.77. The highest BCUT2D eigenvalue weighted by molar-refractivity contribution is 9.10. The SMILES string of the molecule is COc1cc(Br)c(N)cc1S(=O)(=O)NCCNC(C)=O. The van der Waals surface area contributed by atoms with Crippen molar-refractivity contribution in [3.8, 4) is 5.75 Å². The lowest BCUT2D eigenvalue weighted by Crippen LogP contribution is -2.33. The molecule has 1 aromatic carbocycles. The Balaban J connectivity index is 2.92. The summed E-state index contributed by atoms with van der Waals surface area (Å²) in [7, 11) is -2.40. The number of amides is 1. The lowest BCUT2D eigenvalue weighted by Gasteiger charge is -2.12. The minimum absolute atomic E-state index is 0.0523. The van der Waals surface area contributed by atoms with E-state index < -0.39 is 10.0 Å². The zero-order chi connectivity index (χ0) is 15.3. The third kappa shape index (κ3) is 4.36. The topological polar surface area (TPSA) is 111 Å². The van der Waals surface area contributed by atoms with Gasteiger partial charge in [0.2, 0.25) is 15.9 Å². The van der Waals surface area contributed by atoms with Crippen LogP contribution in [-0.2, 0) is 14.8 Å². The molecule has 0 saturated heterocycles. The Morgan fingerprint density at radius 3 is 2.60 bits per heavy atom. The summed E-state index contributed by atoms with van der Waals surface area (Å²) in [5.74, 6) is -0.0484. The molecule has 112 valence electrons. The maximum atomic E-state index is 12.1. The molecule has 4 N–H and O–H groups in total. The number of hydrogen-bond acceptors (Lipinski definition) is 5. The van der Waals surface area contributed by atoms with Gasteiger partial charge >= 0.3 is 0 Å². The van der Waals surface area contributed by atoms with Crippen molar-refractivity contribution >= 4 is 37.5 Å². The number of carbonyl (C=O) groups excluding carboxylic acids is 1. The van der Waals surface area contributed by atoms with E-state index in [1.54, 1.807) is 0 Å². The second kappa shape index (κ2) is 6.91. The van der Waals surface area contributed by atoms with Crippen LogP contribution in [0.25, 0.3) is 0 Å². The molecule has 1 aromatic rings. The molecule has 0 aromatic heterocycles. The van der Waals surface area contributed by atoms with Gasteiger partial charge in [-0.1, -0.05) is 0 Å². The van der Waals surface area contributed by atoms with Crippen LogP contribution in [0.4, 0.5) is 5.69 Å². The second-order valence-corrected chi connectivity index (χ2v) is 6.50. The van der Waals surface area contributed by atoms with Gasteiger partial charge in [-0.3, -0.25) is 4.79 Å². The first-order valence-corrected chi connectivity index (χ1v) is 7.92. The minimum Gasteiger partial charge on any atom is -0.495 e. The van der Waals surface area contributed by atoms with Crippen LogP contribution in [0, 0.1) is 0 Å². The van der Waals surface area contributed by atoms with E-state index in [0.717, 1.165) is 0 Å². The van der Waals surface area contributed by atoms with Crippen molar-refractivity contribution in [2.45, 2.75) is 11.8 Å². The molecule has 0 atom stereocenters. The largest absolute Gasteiger partial charge is 0.495 e. The average Bonchev–Trinajstić information content (AvgIpc) is 2.37. The number of sulfonamides is 1. The van der Waals surface area contributed by atoms with E-state index in [1.165, 1.54) is 26.2 Å². The summed E-state index contributed by atoms with van der Waals surface area (Å²) in [6, 6.07) is 2.79. The average molecular weight is 366 g/mol. The van der Waals surface area contributed by atoms with Gasteiger partial charge in [0.15, 0.2) is 0 Å². The van der Waals surface area contributed by atoms with Crippen LogP contribution in [0.2, 0.25) is 0 Å². The summed E-state index contributed by atoms with van der Waals surface area (Å²) in [4.78, 5) is 10.6. The van der Waals surface area contributed by atoms with Gasteiger partial charge in [0.05, 0.1) is 7.11 Å². The molecular formula is C11H16BrN3O4S. The first-order valence-electron chi connectivity index (χ1n) is 5.65. The van der Waals surface area contributed by atoms with Gasteiger partial charge in [0, 0.05) is 30.2 Å². The van der Waals surface area contributed by atoms with E-state index in [-0.39, 0.29) is 35.3 Å². The summed E-state index contributed by atoms with van der Waals surface area (Å²) in [6.45, 7) is 1.62. The molecule has 1 amide bonds. The fraction of sp³-hybridized carbons (Fsp3) is 0.364. The normalized spacial score (nSPS) is 11.2. The van der Waals surface area contributed by atoms with Gasteiger partial charge in [0.25, 0.3) is 0 Å². The van der Waals surface area contributed by atoms with Gasteiger partial charge in [-0.05, 0) is 28.1 Å². The highest BCUT2D eigenvalue weighted by atomic mass is 79.9. The number of ether oxygens (including phenoxy) is 1. The maximum absolute atomic E-state index is 12.1. The van der Waals surface area contributed by atoms with Crippen LogP contribution in [-0.4, -0.2) is 34.5 Å². The van der Waals surface area contributed by atoms with E-state index in [2.05, 4.69) is 26.0 Å². The molecule has 0 aliphatic heterocycles. The molecule has 0 aliphatic carbocycles. The molecule has 0 saturated carbocycles. The van der Waals surface area contributed by atoms with Crippen molar-refractivity contribution in [2.24, 2.45) is 0 Å². The predicted octanol–water partition coefficient (Wildman–Crippen LogP) is 0.454. The summed E-state index contributed by atoms with van der Waals surface area (Å²) in [5.41, 5.74) is 5.97. The summed E-state index contributed by atoms with van der Waals surface area (Å²) in [6.07, 6.45) is 0. The Kier molecular flexibility index (Phi) is 5.78. The zero-order valence-electron chi connectivity index (χ0n) is 11.1. The van der Waals surface area contributed by atoms with Gasteiger partial charge in [-0.25, -0.2) is 13.1 Å². The van der Waals surface area contributed by atoms with E-state index in [4.69, 9.17) is 10.5 Å². The van der Waals surface area contributed by atoms with Crippen molar-refractivity contribution in [2.75, 3.05) is 25.9 Å². The lowest BCUT2D eigenvalue weighted by atomic mass is 10.3. The zero-order valence-corrected chi connectivity index (χ0v) is 13.5. The van der Waals surface area contributed by atoms with Gasteiger partial charge in [-0.2, -0.15) is 0 Å². The van der Waals surface area contributed by atoms with Crippen LogP contribution in [0.15, 0.2) is 21.5 Å². The van der Waals surface area contributed by atoms with Crippen molar-refractivity contribution < 1.29 is 17.9 Å². The van der Waals surface area contributed by atoms with E-state index >= 15 is 0 Å². The fourth-order valence-corrected chi connectivity index (χ4v) is 2.96. The van der Waals surface area contributed by atoms with Crippen LogP contribution < -0.4 is 20.5 Å². The highest BCUT2D eigenvalue weighted by Crippen LogP contribution is 2.32. The standard InChI is InChI=1S/C11H16BrN3O4S/c1-7(16)14-3-4-15-20(17,18)11-6-9(13)8(12)5-10(11)19-2/h5-6,15H,3-4,13H2,1-2H3,(H,14,16). The van der Waals surface area contributed by atoms with Gasteiger partial charge in [0.1, 0.15) is 10.6 Å².